The molecule has 1 aromatic rings. The van der Waals surface area contributed by atoms with Crippen molar-refractivity contribution in [3.8, 4) is 0 Å². The maximum Gasteiger partial charge on any atom is 0.358 e. The fraction of sp³-hybridized carbons (Fsp3) is 0.167. The maximum absolute atomic E-state index is 11.9. The Morgan fingerprint density at radius 3 is 2.36 bits per heavy atom. The van der Waals surface area contributed by atoms with E-state index in [2.05, 4.69) is 9.44 Å². The van der Waals surface area contributed by atoms with Crippen LogP contribution in [0.25, 0.3) is 0 Å². The first kappa shape index (κ1) is 17.6. The van der Waals surface area contributed by atoms with Gasteiger partial charge in [0.05, 0.1) is 5.03 Å². The monoisotopic (exact) mass is 401 g/mol. The Morgan fingerprint density at radius 2 is 1.77 bits per heavy atom. The van der Waals surface area contributed by atoms with E-state index in [1.165, 1.54) is 24.3 Å². The number of Topliss-reactive ketones (excluding diaryl/α,β-unsaturated/α-hetero) is 1. The first-order chi connectivity index (χ1) is 10.2. The Balaban J connectivity index is 2.33. The number of alkyl halides is 3. The van der Waals surface area contributed by atoms with E-state index < -0.39 is 25.6 Å². The highest BCUT2D eigenvalue weighted by Crippen LogP contribution is 2.38. The van der Waals surface area contributed by atoms with Crippen LogP contribution in [0.4, 0.5) is 0 Å². The number of allylic oxidation sites excluding steroid dienone is 2. The van der Waals surface area contributed by atoms with Crippen molar-refractivity contribution in [2.24, 2.45) is 5.16 Å². The molecule has 1 aliphatic rings. The zero-order valence-corrected chi connectivity index (χ0v) is 14.4. The summed E-state index contributed by atoms with van der Waals surface area (Å²) in [7, 11) is -4.14. The van der Waals surface area contributed by atoms with Gasteiger partial charge in [0.15, 0.2) is 0 Å². The normalized spacial score (nSPS) is 23.3. The molecule has 0 saturated carbocycles. The number of carbonyl (C=O) groups excluding carboxylic acids is 1. The molecular formula is C12H7Cl4NO4S. The summed E-state index contributed by atoms with van der Waals surface area (Å²) < 4.78 is 26.3. The molecule has 2 rings (SSSR count). The van der Waals surface area contributed by atoms with Crippen molar-refractivity contribution in [3.05, 3.63) is 41.4 Å². The van der Waals surface area contributed by atoms with Gasteiger partial charge in [-0.15, -0.1) is 11.6 Å². The summed E-state index contributed by atoms with van der Waals surface area (Å²) in [5.41, 5.74) is -0.184. The van der Waals surface area contributed by atoms with Gasteiger partial charge < -0.3 is 0 Å². The lowest BCUT2D eigenvalue weighted by atomic mass is 10.0. The second-order valence-corrected chi connectivity index (χ2v) is 7.92. The molecule has 0 spiro atoms. The molecule has 1 aliphatic carbocycles. The molecule has 1 atom stereocenters. The lowest BCUT2D eigenvalue weighted by Crippen LogP contribution is -2.44. The van der Waals surface area contributed by atoms with Gasteiger partial charge >= 0.3 is 10.1 Å². The quantitative estimate of drug-likeness (QED) is 0.574. The minimum atomic E-state index is -4.14. The standard InChI is InChI=1S/C12H7Cl4NO4S/c13-8-6-9(10(14)12(15,16)11(8)18)17-21-22(19,20)7-4-2-1-3-5-7/h1-6,10H/b17-9-. The van der Waals surface area contributed by atoms with E-state index in [-0.39, 0.29) is 15.6 Å². The molecule has 0 bridgehead atoms. The second-order valence-electron chi connectivity index (χ2n) is 4.16. The molecule has 0 N–H and O–H groups in total. The number of halogens is 4. The van der Waals surface area contributed by atoms with Gasteiger partial charge in [-0.1, -0.05) is 58.2 Å². The van der Waals surface area contributed by atoms with Gasteiger partial charge in [-0.25, -0.2) is 0 Å². The van der Waals surface area contributed by atoms with Gasteiger partial charge in [-0.3, -0.25) is 9.08 Å². The van der Waals surface area contributed by atoms with Gasteiger partial charge in [0.1, 0.15) is 16.0 Å². The predicted octanol–water partition coefficient (Wildman–Crippen LogP) is 3.23. The SMILES string of the molecule is O=C1C(Cl)=C/C(=N/OS(=O)(=O)c2ccccc2)C(Cl)C1(Cl)Cl. The molecule has 1 unspecified atom stereocenters. The Labute approximate surface area is 146 Å². The zero-order valence-electron chi connectivity index (χ0n) is 10.5. The number of carbonyl (C=O) groups is 1. The lowest BCUT2D eigenvalue weighted by Gasteiger charge is -2.26. The van der Waals surface area contributed by atoms with Gasteiger partial charge in [-0.2, -0.15) is 8.42 Å². The molecule has 1 aromatic carbocycles. The third-order valence-electron chi connectivity index (χ3n) is 2.64. The van der Waals surface area contributed by atoms with Crippen molar-refractivity contribution in [3.63, 3.8) is 0 Å². The van der Waals surface area contributed by atoms with Crippen LogP contribution in [0.5, 0.6) is 0 Å². The Morgan fingerprint density at radius 1 is 1.18 bits per heavy atom. The average Bonchev–Trinajstić information content (AvgIpc) is 2.49. The molecule has 0 fully saturated rings. The van der Waals surface area contributed by atoms with E-state index in [9.17, 15) is 13.2 Å². The minimum absolute atomic E-state index is 0.101. The maximum atomic E-state index is 11.9. The Bertz CT molecular complexity index is 759. The molecule has 5 nitrogen and oxygen atoms in total. The van der Waals surface area contributed by atoms with E-state index in [4.69, 9.17) is 46.4 Å². The molecule has 0 aromatic heterocycles. The highest BCUT2D eigenvalue weighted by atomic mass is 35.5. The van der Waals surface area contributed by atoms with E-state index in [0.717, 1.165) is 6.08 Å². The average molecular weight is 403 g/mol. The van der Waals surface area contributed by atoms with E-state index in [1.807, 2.05) is 0 Å². The smallest absolute Gasteiger partial charge is 0.290 e. The van der Waals surface area contributed by atoms with Crippen molar-refractivity contribution in [2.45, 2.75) is 14.6 Å². The number of rotatable bonds is 3. The summed E-state index contributed by atoms with van der Waals surface area (Å²) in [6.07, 6.45) is 1.05. The summed E-state index contributed by atoms with van der Waals surface area (Å²) in [6.45, 7) is 0. The molecule has 0 aliphatic heterocycles. The summed E-state index contributed by atoms with van der Waals surface area (Å²) >= 11 is 23.2. The fourth-order valence-corrected chi connectivity index (χ4v) is 3.27. The van der Waals surface area contributed by atoms with Crippen molar-refractivity contribution in [1.82, 2.24) is 0 Å². The predicted molar refractivity (Wildman–Crippen MR) is 85.2 cm³/mol. The Hall–Kier alpha value is -0.790. The lowest BCUT2D eigenvalue weighted by molar-refractivity contribution is -0.115. The topological polar surface area (TPSA) is 72.8 Å². The first-order valence-corrected chi connectivity index (χ1v) is 8.64. The number of nitrogens with zero attached hydrogens (tertiary/aromatic N) is 1. The molecule has 0 radical (unpaired) electrons. The van der Waals surface area contributed by atoms with Gasteiger partial charge in [0.25, 0.3) is 0 Å². The molecule has 118 valence electrons. The molecule has 0 amide bonds. The minimum Gasteiger partial charge on any atom is -0.290 e. The summed E-state index contributed by atoms with van der Waals surface area (Å²) in [6, 6.07) is 7.34. The number of oxime groups is 1. The number of benzene rings is 1. The van der Waals surface area contributed by atoms with Crippen LogP contribution in [0.3, 0.4) is 0 Å². The van der Waals surface area contributed by atoms with Crippen LogP contribution < -0.4 is 0 Å². The highest BCUT2D eigenvalue weighted by Gasteiger charge is 2.48. The second kappa shape index (κ2) is 6.37. The summed E-state index contributed by atoms with van der Waals surface area (Å²) in [5, 5.41) is 1.75. The highest BCUT2D eigenvalue weighted by molar-refractivity contribution is 7.86. The van der Waals surface area contributed by atoms with Gasteiger partial charge in [0.2, 0.25) is 10.1 Å². The van der Waals surface area contributed by atoms with Crippen LogP contribution in [-0.4, -0.2) is 29.6 Å². The number of ketones is 1. The van der Waals surface area contributed by atoms with Crippen LogP contribution in [0, 0.1) is 0 Å². The van der Waals surface area contributed by atoms with Crippen molar-refractivity contribution in [2.75, 3.05) is 0 Å². The molecule has 0 saturated heterocycles. The molecular weight excluding hydrogens is 396 g/mol. The number of hydrogen-bond donors (Lipinski definition) is 0. The summed E-state index contributed by atoms with van der Waals surface area (Å²) in [4.78, 5) is 11.6. The van der Waals surface area contributed by atoms with E-state index >= 15 is 0 Å². The zero-order chi connectivity index (χ0) is 16.5. The summed E-state index contributed by atoms with van der Waals surface area (Å²) in [5.74, 6) is -0.803. The van der Waals surface area contributed by atoms with Crippen LogP contribution in [0.2, 0.25) is 0 Å². The number of hydrogen-bond acceptors (Lipinski definition) is 5. The largest absolute Gasteiger partial charge is 0.358 e. The third-order valence-corrected chi connectivity index (χ3v) is 5.60. The molecule has 22 heavy (non-hydrogen) atoms. The van der Waals surface area contributed by atoms with Crippen LogP contribution >= 0.6 is 46.4 Å². The van der Waals surface area contributed by atoms with E-state index in [1.54, 1.807) is 6.07 Å². The van der Waals surface area contributed by atoms with Gasteiger partial charge in [0, 0.05) is 0 Å². The van der Waals surface area contributed by atoms with Crippen molar-refractivity contribution < 1.29 is 17.5 Å². The van der Waals surface area contributed by atoms with Crippen LogP contribution in [0.1, 0.15) is 0 Å². The van der Waals surface area contributed by atoms with Crippen molar-refractivity contribution in [1.29, 1.82) is 0 Å². The van der Waals surface area contributed by atoms with E-state index in [0.29, 0.717) is 0 Å². The fourth-order valence-electron chi connectivity index (χ4n) is 1.52. The van der Waals surface area contributed by atoms with Gasteiger partial charge in [-0.05, 0) is 18.2 Å². The Kier molecular flexibility index (Phi) is 5.09. The first-order valence-electron chi connectivity index (χ1n) is 5.66. The third kappa shape index (κ3) is 3.41. The van der Waals surface area contributed by atoms with Crippen LogP contribution in [-0.2, 0) is 19.2 Å². The van der Waals surface area contributed by atoms with Crippen molar-refractivity contribution >= 4 is 68.0 Å². The van der Waals surface area contributed by atoms with Crippen LogP contribution in [0.15, 0.2) is 51.5 Å². The molecule has 10 heteroatoms. The molecule has 0 heterocycles.